The molecule has 3 aromatic rings. The summed E-state index contributed by atoms with van der Waals surface area (Å²) in [6.45, 7) is 2.20. The third-order valence-electron chi connectivity index (χ3n) is 4.25. The van der Waals surface area contributed by atoms with E-state index in [2.05, 4.69) is 15.5 Å². The number of aromatic nitrogens is 2. The van der Waals surface area contributed by atoms with E-state index < -0.39 is 0 Å². The second kappa shape index (κ2) is 9.01. The molecule has 0 aliphatic carbocycles. The van der Waals surface area contributed by atoms with Crippen molar-refractivity contribution in [3.05, 3.63) is 76.9 Å². The zero-order valence-corrected chi connectivity index (χ0v) is 16.5. The topological polar surface area (TPSA) is 97.6 Å². The molecule has 0 spiro atoms. The fourth-order valence-electron chi connectivity index (χ4n) is 2.77. The number of carbonyl (C=O) groups excluding carboxylic acids is 2. The Morgan fingerprint density at radius 1 is 1.14 bits per heavy atom. The highest BCUT2D eigenvalue weighted by Crippen LogP contribution is 2.21. The predicted molar refractivity (Wildman–Crippen MR) is 105 cm³/mol. The molecule has 8 heteroatoms. The van der Waals surface area contributed by atoms with Gasteiger partial charge in [0.25, 0.3) is 11.8 Å². The average Bonchev–Trinajstić information content (AvgIpc) is 3.17. The molecule has 0 saturated carbocycles. The maximum Gasteiger partial charge on any atom is 0.257 e. The number of amides is 2. The molecular formula is C21H22N4O4. The molecule has 29 heavy (non-hydrogen) atoms. The van der Waals surface area contributed by atoms with Gasteiger partial charge in [-0.05, 0) is 29.8 Å². The van der Waals surface area contributed by atoms with Crippen molar-refractivity contribution in [2.24, 2.45) is 0 Å². The van der Waals surface area contributed by atoms with Crippen LogP contribution in [0.3, 0.4) is 0 Å². The van der Waals surface area contributed by atoms with Gasteiger partial charge in [0.2, 0.25) is 11.7 Å². The van der Waals surface area contributed by atoms with Crippen molar-refractivity contribution in [2.45, 2.75) is 20.1 Å². The van der Waals surface area contributed by atoms with Crippen LogP contribution in [0.4, 0.5) is 0 Å². The van der Waals surface area contributed by atoms with Gasteiger partial charge in [-0.15, -0.1) is 0 Å². The molecule has 0 radical (unpaired) electrons. The van der Waals surface area contributed by atoms with Gasteiger partial charge in [-0.25, -0.2) is 0 Å². The molecule has 0 fully saturated rings. The SMILES string of the molecule is CNC(=O)c1ccc(CN(C)C(=O)c2ccccc2OCc2noc(C)n2)cc1. The van der Waals surface area contributed by atoms with Gasteiger partial charge in [-0.3, -0.25) is 9.59 Å². The predicted octanol–water partition coefficient (Wildman–Crippen LogP) is 2.59. The van der Waals surface area contributed by atoms with E-state index in [0.717, 1.165) is 5.56 Å². The van der Waals surface area contributed by atoms with Gasteiger partial charge in [0.15, 0.2) is 6.61 Å². The molecule has 0 atom stereocenters. The van der Waals surface area contributed by atoms with Gasteiger partial charge in [-0.1, -0.05) is 29.4 Å². The van der Waals surface area contributed by atoms with Crippen LogP contribution in [0.25, 0.3) is 0 Å². The number of rotatable bonds is 7. The molecule has 150 valence electrons. The summed E-state index contributed by atoms with van der Waals surface area (Å²) in [5, 5.41) is 6.37. The van der Waals surface area contributed by atoms with Gasteiger partial charge in [-0.2, -0.15) is 4.98 Å². The first-order chi connectivity index (χ1) is 14.0. The highest BCUT2D eigenvalue weighted by molar-refractivity contribution is 5.97. The summed E-state index contributed by atoms with van der Waals surface area (Å²) < 4.78 is 10.7. The van der Waals surface area contributed by atoms with E-state index >= 15 is 0 Å². The fraction of sp³-hybridized carbons (Fsp3) is 0.238. The van der Waals surface area contributed by atoms with Crippen molar-refractivity contribution >= 4 is 11.8 Å². The van der Waals surface area contributed by atoms with Crippen LogP contribution in [0.15, 0.2) is 53.1 Å². The first-order valence-corrected chi connectivity index (χ1v) is 9.05. The standard InChI is InChI=1S/C21H22N4O4/c1-14-23-19(24-29-14)13-28-18-7-5-4-6-17(18)21(27)25(3)12-15-8-10-16(11-9-15)20(26)22-2/h4-11H,12-13H2,1-3H3,(H,22,26). The molecule has 8 nitrogen and oxygen atoms in total. The summed E-state index contributed by atoms with van der Waals surface area (Å²) in [7, 11) is 3.30. The quantitative estimate of drug-likeness (QED) is 0.661. The normalized spacial score (nSPS) is 10.4. The number of ether oxygens (including phenoxy) is 1. The summed E-state index contributed by atoms with van der Waals surface area (Å²) in [5.41, 5.74) is 1.92. The van der Waals surface area contributed by atoms with Crippen LogP contribution in [-0.2, 0) is 13.2 Å². The Morgan fingerprint density at radius 2 is 1.86 bits per heavy atom. The van der Waals surface area contributed by atoms with Crippen LogP contribution in [0.5, 0.6) is 5.75 Å². The zero-order chi connectivity index (χ0) is 20.8. The smallest absolute Gasteiger partial charge is 0.257 e. The number of carbonyl (C=O) groups is 2. The van der Waals surface area contributed by atoms with Crippen LogP contribution >= 0.6 is 0 Å². The van der Waals surface area contributed by atoms with Crippen molar-refractivity contribution in [3.8, 4) is 5.75 Å². The Labute approximate surface area is 168 Å². The molecule has 1 heterocycles. The first-order valence-electron chi connectivity index (χ1n) is 9.05. The first kappa shape index (κ1) is 20.1. The van der Waals surface area contributed by atoms with E-state index in [0.29, 0.717) is 35.1 Å². The molecule has 0 aliphatic rings. The van der Waals surface area contributed by atoms with Crippen LogP contribution in [0, 0.1) is 6.92 Å². The lowest BCUT2D eigenvalue weighted by atomic mass is 10.1. The highest BCUT2D eigenvalue weighted by atomic mass is 16.5. The molecule has 3 rings (SSSR count). The van der Waals surface area contributed by atoms with Crippen molar-refractivity contribution < 1.29 is 18.8 Å². The average molecular weight is 394 g/mol. The lowest BCUT2D eigenvalue weighted by Crippen LogP contribution is -2.26. The molecule has 1 N–H and O–H groups in total. The summed E-state index contributed by atoms with van der Waals surface area (Å²) >= 11 is 0. The van der Waals surface area contributed by atoms with E-state index in [4.69, 9.17) is 9.26 Å². The monoisotopic (exact) mass is 394 g/mol. The Morgan fingerprint density at radius 3 is 2.52 bits per heavy atom. The number of benzene rings is 2. The third kappa shape index (κ3) is 4.98. The van der Waals surface area contributed by atoms with Crippen molar-refractivity contribution in [2.75, 3.05) is 14.1 Å². The molecule has 0 unspecified atom stereocenters. The minimum Gasteiger partial charge on any atom is -0.485 e. The number of nitrogens with one attached hydrogen (secondary N) is 1. The lowest BCUT2D eigenvalue weighted by molar-refractivity contribution is 0.0779. The summed E-state index contributed by atoms with van der Waals surface area (Å²) in [4.78, 5) is 30.3. The number of nitrogens with zero attached hydrogens (tertiary/aromatic N) is 3. The van der Waals surface area contributed by atoms with Crippen molar-refractivity contribution in [1.29, 1.82) is 0 Å². The van der Waals surface area contributed by atoms with E-state index in [-0.39, 0.29) is 18.4 Å². The Kier molecular flexibility index (Phi) is 6.23. The van der Waals surface area contributed by atoms with Crippen molar-refractivity contribution in [3.63, 3.8) is 0 Å². The molecule has 0 bridgehead atoms. The van der Waals surface area contributed by atoms with Gasteiger partial charge < -0.3 is 19.5 Å². The second-order valence-electron chi connectivity index (χ2n) is 6.45. The van der Waals surface area contributed by atoms with Crippen LogP contribution in [-0.4, -0.2) is 41.0 Å². The highest BCUT2D eigenvalue weighted by Gasteiger charge is 2.17. The minimum absolute atomic E-state index is 0.103. The number of aryl methyl sites for hydroxylation is 1. The Hall–Kier alpha value is -3.68. The number of hydrogen-bond acceptors (Lipinski definition) is 6. The molecule has 2 amide bonds. The minimum atomic E-state index is -0.180. The van der Waals surface area contributed by atoms with E-state index in [1.165, 1.54) is 0 Å². The van der Waals surface area contributed by atoms with Gasteiger partial charge >= 0.3 is 0 Å². The number of para-hydroxylation sites is 1. The largest absolute Gasteiger partial charge is 0.485 e. The maximum absolute atomic E-state index is 12.9. The van der Waals surface area contributed by atoms with Crippen LogP contribution in [0.1, 0.15) is 38.0 Å². The van der Waals surface area contributed by atoms with E-state index in [1.54, 1.807) is 62.3 Å². The second-order valence-corrected chi connectivity index (χ2v) is 6.45. The van der Waals surface area contributed by atoms with Crippen LogP contribution < -0.4 is 10.1 Å². The molecular weight excluding hydrogens is 372 g/mol. The molecule has 0 saturated heterocycles. The summed E-state index contributed by atoms with van der Waals surface area (Å²) in [5.74, 6) is 0.982. The van der Waals surface area contributed by atoms with Gasteiger partial charge in [0.1, 0.15) is 5.75 Å². The van der Waals surface area contributed by atoms with E-state index in [9.17, 15) is 9.59 Å². The molecule has 0 aliphatic heterocycles. The third-order valence-corrected chi connectivity index (χ3v) is 4.25. The van der Waals surface area contributed by atoms with Gasteiger partial charge in [0, 0.05) is 33.1 Å². The van der Waals surface area contributed by atoms with E-state index in [1.807, 2.05) is 12.1 Å². The lowest BCUT2D eigenvalue weighted by Gasteiger charge is -2.19. The molecule has 2 aromatic carbocycles. The van der Waals surface area contributed by atoms with Crippen molar-refractivity contribution in [1.82, 2.24) is 20.4 Å². The van der Waals surface area contributed by atoms with Gasteiger partial charge in [0.05, 0.1) is 5.56 Å². The summed E-state index contributed by atoms with van der Waals surface area (Å²) in [6.07, 6.45) is 0. The molecule has 1 aromatic heterocycles. The zero-order valence-electron chi connectivity index (χ0n) is 16.5. The summed E-state index contributed by atoms with van der Waals surface area (Å²) in [6, 6.07) is 14.1. The Balaban J connectivity index is 1.68. The fourth-order valence-corrected chi connectivity index (χ4v) is 2.77. The van der Waals surface area contributed by atoms with Crippen LogP contribution in [0.2, 0.25) is 0 Å². The maximum atomic E-state index is 12.9. The Bertz CT molecular complexity index is 998. The number of hydrogen-bond donors (Lipinski definition) is 1.